The van der Waals surface area contributed by atoms with Crippen LogP contribution in [0.5, 0.6) is 0 Å². The summed E-state index contributed by atoms with van der Waals surface area (Å²) < 4.78 is 0. The largest absolute Gasteiger partial charge is 0.396 e. The van der Waals surface area contributed by atoms with E-state index in [0.717, 1.165) is 19.3 Å². The third-order valence-electron chi connectivity index (χ3n) is 3.04. The summed E-state index contributed by atoms with van der Waals surface area (Å²) in [6.07, 6.45) is 3.87. The number of aliphatic hydroxyl groups is 1. The van der Waals surface area contributed by atoms with Crippen molar-refractivity contribution in [1.82, 2.24) is 10.6 Å². The van der Waals surface area contributed by atoms with Gasteiger partial charge in [-0.1, -0.05) is 20.3 Å². The molecule has 7 heteroatoms. The van der Waals surface area contributed by atoms with Crippen molar-refractivity contribution in [2.45, 2.75) is 52.4 Å². The first-order valence-corrected chi connectivity index (χ1v) is 8.03. The second kappa shape index (κ2) is 17.9. The van der Waals surface area contributed by atoms with Crippen LogP contribution in [0.15, 0.2) is 0 Å². The Bertz CT molecular complexity index is 276. The highest BCUT2D eigenvalue weighted by atomic mass is 16.6. The third kappa shape index (κ3) is 15.2. The summed E-state index contributed by atoms with van der Waals surface area (Å²) in [5.41, 5.74) is 0. The zero-order chi connectivity index (χ0) is 17.2. The van der Waals surface area contributed by atoms with Gasteiger partial charge in [-0.2, -0.15) is 0 Å². The summed E-state index contributed by atoms with van der Waals surface area (Å²) in [5.74, 6) is 4.94. The molecule has 0 aromatic rings. The molecule has 7 nitrogen and oxygen atoms in total. The molecule has 0 aliphatic carbocycles. The van der Waals surface area contributed by atoms with Crippen LogP contribution in [-0.2, 0) is 14.4 Å². The van der Waals surface area contributed by atoms with E-state index in [1.54, 1.807) is 7.05 Å². The van der Waals surface area contributed by atoms with Crippen molar-refractivity contribution in [3.8, 4) is 0 Å². The normalized spacial score (nSPS) is 11.1. The summed E-state index contributed by atoms with van der Waals surface area (Å²) in [7, 11) is 1.58. The molecule has 1 atom stereocenters. The minimum Gasteiger partial charge on any atom is -0.396 e. The number of carbonyl (C=O) groups excluding carboxylic acids is 2. The molecule has 1 unspecified atom stereocenters. The Kier molecular flexibility index (Phi) is 18.8. The lowest BCUT2D eigenvalue weighted by Crippen LogP contribution is -2.25. The van der Waals surface area contributed by atoms with Crippen LogP contribution in [0.3, 0.4) is 0 Å². The monoisotopic (exact) mass is 319 g/mol. The van der Waals surface area contributed by atoms with E-state index in [-0.39, 0.29) is 24.3 Å². The molecular formula is C15H33N3O4. The molecule has 0 aromatic carbocycles. The van der Waals surface area contributed by atoms with Gasteiger partial charge in [0, 0.05) is 39.0 Å². The molecule has 0 heterocycles. The molecule has 22 heavy (non-hydrogen) atoms. The molecule has 0 aromatic heterocycles. The molecule has 0 bridgehead atoms. The lowest BCUT2D eigenvalue weighted by atomic mass is 10.0. The molecule has 5 N–H and O–H groups in total. The van der Waals surface area contributed by atoms with Crippen molar-refractivity contribution in [2.75, 3.05) is 26.8 Å². The Hall–Kier alpha value is -1.18. The lowest BCUT2D eigenvalue weighted by Gasteiger charge is -2.12. The molecule has 0 saturated carbocycles. The highest BCUT2D eigenvalue weighted by Gasteiger charge is 2.07. The number of amides is 2. The first kappa shape index (κ1) is 23.1. The van der Waals surface area contributed by atoms with E-state index in [2.05, 4.69) is 15.5 Å². The third-order valence-corrected chi connectivity index (χ3v) is 3.04. The fourth-order valence-electron chi connectivity index (χ4n) is 1.77. The number of nitrogens with two attached hydrogens (primary N) is 1. The molecule has 0 spiro atoms. The van der Waals surface area contributed by atoms with Gasteiger partial charge in [-0.05, 0) is 19.3 Å². The Morgan fingerprint density at radius 1 is 1.14 bits per heavy atom. The van der Waals surface area contributed by atoms with Crippen molar-refractivity contribution in [3.05, 3.63) is 0 Å². The Morgan fingerprint density at radius 2 is 1.77 bits per heavy atom. The number of hydrogen-bond acceptors (Lipinski definition) is 5. The second-order valence-electron chi connectivity index (χ2n) is 4.75. The van der Waals surface area contributed by atoms with E-state index in [4.69, 9.17) is 11.0 Å². The molecule has 0 radical (unpaired) electrons. The van der Waals surface area contributed by atoms with E-state index in [9.17, 15) is 9.59 Å². The summed E-state index contributed by atoms with van der Waals surface area (Å²) in [6.45, 7) is 5.02. The number of nitrogens with one attached hydrogen (secondary N) is 2. The maximum atomic E-state index is 11.4. The molecule has 0 aliphatic rings. The minimum absolute atomic E-state index is 0.0297. The van der Waals surface area contributed by atoms with Gasteiger partial charge in [0.25, 0.3) is 0 Å². The maximum Gasteiger partial charge on any atom is 0.220 e. The molecule has 0 aliphatic heterocycles. The zero-order valence-corrected chi connectivity index (χ0v) is 14.2. The fourth-order valence-corrected chi connectivity index (χ4v) is 1.77. The quantitative estimate of drug-likeness (QED) is 0.312. The van der Waals surface area contributed by atoms with Gasteiger partial charge in [0.05, 0.1) is 6.61 Å². The van der Waals surface area contributed by atoms with Gasteiger partial charge in [-0.15, -0.1) is 0 Å². The number of hydrogen-bond donors (Lipinski definition) is 4. The van der Waals surface area contributed by atoms with E-state index in [0.29, 0.717) is 32.4 Å². The van der Waals surface area contributed by atoms with E-state index in [1.807, 2.05) is 13.8 Å². The molecule has 0 rings (SSSR count). The van der Waals surface area contributed by atoms with Crippen molar-refractivity contribution >= 4 is 11.8 Å². The summed E-state index contributed by atoms with van der Waals surface area (Å²) in [4.78, 5) is 26.9. The Morgan fingerprint density at radius 3 is 2.32 bits per heavy atom. The fraction of sp³-hybridized carbons (Fsp3) is 0.867. The topological polar surface area (TPSA) is 114 Å². The predicted molar refractivity (Wildman–Crippen MR) is 86.8 cm³/mol. The van der Waals surface area contributed by atoms with Crippen molar-refractivity contribution in [1.29, 1.82) is 0 Å². The van der Waals surface area contributed by atoms with Crippen LogP contribution >= 0.6 is 0 Å². The summed E-state index contributed by atoms with van der Waals surface area (Å²) >= 11 is 0. The van der Waals surface area contributed by atoms with Gasteiger partial charge < -0.3 is 20.6 Å². The van der Waals surface area contributed by atoms with Gasteiger partial charge in [0.1, 0.15) is 0 Å². The molecule has 0 saturated heterocycles. The van der Waals surface area contributed by atoms with Crippen molar-refractivity contribution in [2.24, 2.45) is 11.8 Å². The van der Waals surface area contributed by atoms with Crippen molar-refractivity contribution < 1.29 is 19.5 Å². The first-order chi connectivity index (χ1) is 10.6. The number of rotatable bonds is 12. The van der Waals surface area contributed by atoms with E-state index in [1.165, 1.54) is 0 Å². The van der Waals surface area contributed by atoms with Crippen LogP contribution < -0.4 is 16.5 Å². The smallest absolute Gasteiger partial charge is 0.220 e. The van der Waals surface area contributed by atoms with Gasteiger partial charge in [-0.3, -0.25) is 9.59 Å². The van der Waals surface area contributed by atoms with Crippen molar-refractivity contribution in [3.63, 3.8) is 0 Å². The van der Waals surface area contributed by atoms with Gasteiger partial charge >= 0.3 is 0 Å². The summed E-state index contributed by atoms with van der Waals surface area (Å²) in [6, 6.07) is 0. The minimum atomic E-state index is -0.0463. The molecule has 132 valence electrons. The van der Waals surface area contributed by atoms with E-state index >= 15 is 0 Å². The van der Waals surface area contributed by atoms with Crippen LogP contribution in [0.4, 0.5) is 0 Å². The van der Waals surface area contributed by atoms with Crippen LogP contribution in [0, 0.1) is 5.92 Å². The Labute approximate surface area is 133 Å². The summed E-state index contributed by atoms with van der Waals surface area (Å²) in [5, 5.41) is 14.4. The number of aliphatic hydroxyl groups excluding tert-OH is 1. The lowest BCUT2D eigenvalue weighted by molar-refractivity contribution is -0.122. The number of unbranched alkanes of at least 4 members (excludes halogenated alkanes) is 1. The SMILES string of the molecule is CC.CNC(=O)CCCC(=O)NCCCCC(CO)CON. The standard InChI is InChI=1S/C13H27N3O4.C2H6/c1-15-12(18)6-4-7-13(19)16-8-3-2-5-11(9-17)10-20-14;1-2/h11,17H,2-10,14H2,1H3,(H,15,18)(H,16,19);1-2H3. The van der Waals surface area contributed by atoms with Crippen LogP contribution in [0.25, 0.3) is 0 Å². The highest BCUT2D eigenvalue weighted by Crippen LogP contribution is 2.07. The first-order valence-electron chi connectivity index (χ1n) is 8.03. The average Bonchev–Trinajstić information content (AvgIpc) is 2.55. The maximum absolute atomic E-state index is 11.4. The van der Waals surface area contributed by atoms with Gasteiger partial charge in [0.2, 0.25) is 11.8 Å². The van der Waals surface area contributed by atoms with E-state index < -0.39 is 0 Å². The average molecular weight is 319 g/mol. The molecular weight excluding hydrogens is 286 g/mol. The molecule has 0 fully saturated rings. The van der Waals surface area contributed by atoms with Gasteiger partial charge in [0.15, 0.2) is 0 Å². The van der Waals surface area contributed by atoms with Gasteiger partial charge in [-0.25, -0.2) is 5.90 Å². The molecule has 2 amide bonds. The zero-order valence-electron chi connectivity index (χ0n) is 14.2. The van der Waals surface area contributed by atoms with Crippen LogP contribution in [0.2, 0.25) is 0 Å². The Balaban J connectivity index is 0. The predicted octanol–water partition coefficient (Wildman–Crippen LogP) is 0.714. The highest BCUT2D eigenvalue weighted by molar-refractivity contribution is 5.78. The van der Waals surface area contributed by atoms with Crippen LogP contribution in [0.1, 0.15) is 52.4 Å². The number of carbonyl (C=O) groups is 2. The van der Waals surface area contributed by atoms with Crippen LogP contribution in [-0.4, -0.2) is 43.7 Å². The second-order valence-corrected chi connectivity index (χ2v) is 4.75.